The monoisotopic (exact) mass is 241 g/mol. The van der Waals surface area contributed by atoms with Crippen molar-refractivity contribution < 1.29 is 15.0 Å². The van der Waals surface area contributed by atoms with Crippen molar-refractivity contribution in [3.05, 3.63) is 0 Å². The van der Waals surface area contributed by atoms with Crippen LogP contribution in [-0.2, 0) is 4.79 Å². The Bertz CT molecular complexity index is 336. The SMILES string of the molecule is CC1CC(C)(C)CC(O)(C2(C(=O)O)CNC2)C1. The van der Waals surface area contributed by atoms with Crippen molar-refractivity contribution in [3.63, 3.8) is 0 Å². The minimum atomic E-state index is -1.06. The fraction of sp³-hybridized carbons (Fsp3) is 0.923. The molecule has 0 radical (unpaired) electrons. The first-order chi connectivity index (χ1) is 7.71. The van der Waals surface area contributed by atoms with Crippen molar-refractivity contribution in [3.8, 4) is 0 Å². The molecule has 98 valence electrons. The van der Waals surface area contributed by atoms with Crippen LogP contribution >= 0.6 is 0 Å². The van der Waals surface area contributed by atoms with Gasteiger partial charge in [0.2, 0.25) is 0 Å². The lowest BCUT2D eigenvalue weighted by Gasteiger charge is -2.56. The number of hydrogen-bond acceptors (Lipinski definition) is 3. The van der Waals surface area contributed by atoms with Gasteiger partial charge in [-0.3, -0.25) is 4.79 Å². The molecule has 0 aromatic heterocycles. The van der Waals surface area contributed by atoms with Gasteiger partial charge in [-0.15, -0.1) is 0 Å². The minimum Gasteiger partial charge on any atom is -0.481 e. The van der Waals surface area contributed by atoms with E-state index in [-0.39, 0.29) is 5.41 Å². The Balaban J connectivity index is 2.31. The summed E-state index contributed by atoms with van der Waals surface area (Å²) >= 11 is 0. The van der Waals surface area contributed by atoms with Crippen LogP contribution in [0.4, 0.5) is 0 Å². The molecule has 1 heterocycles. The van der Waals surface area contributed by atoms with Gasteiger partial charge in [0.1, 0.15) is 5.41 Å². The van der Waals surface area contributed by atoms with E-state index in [4.69, 9.17) is 0 Å². The quantitative estimate of drug-likeness (QED) is 0.680. The number of carbonyl (C=O) groups is 1. The number of aliphatic hydroxyl groups is 1. The summed E-state index contributed by atoms with van der Waals surface area (Å²) < 4.78 is 0. The van der Waals surface area contributed by atoms with Gasteiger partial charge in [0.25, 0.3) is 0 Å². The Morgan fingerprint density at radius 2 is 1.88 bits per heavy atom. The standard InChI is InChI=1S/C13H23NO3/c1-9-4-11(2,3)6-13(17,5-9)12(10(15)16)7-14-8-12/h9,14,17H,4-8H2,1-3H3,(H,15,16). The molecule has 2 atom stereocenters. The summed E-state index contributed by atoms with van der Waals surface area (Å²) in [6.45, 7) is 7.13. The zero-order valence-electron chi connectivity index (χ0n) is 10.9. The molecule has 2 unspecified atom stereocenters. The molecule has 0 aromatic rings. The highest BCUT2D eigenvalue weighted by Crippen LogP contribution is 2.52. The van der Waals surface area contributed by atoms with Crippen LogP contribution in [0.5, 0.6) is 0 Å². The van der Waals surface area contributed by atoms with E-state index in [0.717, 1.165) is 6.42 Å². The van der Waals surface area contributed by atoms with Crippen molar-refractivity contribution in [1.82, 2.24) is 5.32 Å². The van der Waals surface area contributed by atoms with Gasteiger partial charge in [-0.2, -0.15) is 0 Å². The number of nitrogens with one attached hydrogen (secondary N) is 1. The summed E-state index contributed by atoms with van der Waals surface area (Å²) in [4.78, 5) is 11.5. The fourth-order valence-corrected chi connectivity index (χ4v) is 3.95. The number of hydrogen-bond donors (Lipinski definition) is 3. The first-order valence-electron chi connectivity index (χ1n) is 6.37. The van der Waals surface area contributed by atoms with Gasteiger partial charge < -0.3 is 15.5 Å². The van der Waals surface area contributed by atoms with Gasteiger partial charge in [-0.25, -0.2) is 0 Å². The van der Waals surface area contributed by atoms with Gasteiger partial charge in [-0.05, 0) is 30.6 Å². The lowest BCUT2D eigenvalue weighted by Crippen LogP contribution is -2.71. The molecule has 4 heteroatoms. The highest BCUT2D eigenvalue weighted by molar-refractivity contribution is 5.78. The van der Waals surface area contributed by atoms with Crippen molar-refractivity contribution in [2.75, 3.05) is 13.1 Å². The number of carboxylic acids is 1. The Morgan fingerprint density at radius 3 is 2.24 bits per heavy atom. The summed E-state index contributed by atoms with van der Waals surface area (Å²) in [5.41, 5.74) is -2.02. The molecule has 1 aliphatic carbocycles. The van der Waals surface area contributed by atoms with Crippen LogP contribution in [0.1, 0.15) is 40.0 Å². The molecule has 17 heavy (non-hydrogen) atoms. The summed E-state index contributed by atoms with van der Waals surface area (Å²) in [6, 6.07) is 0. The molecule has 0 amide bonds. The first-order valence-corrected chi connectivity index (χ1v) is 6.37. The molecule has 0 spiro atoms. The van der Waals surface area contributed by atoms with Gasteiger partial charge in [0.05, 0.1) is 5.60 Å². The van der Waals surface area contributed by atoms with E-state index >= 15 is 0 Å². The van der Waals surface area contributed by atoms with E-state index in [9.17, 15) is 15.0 Å². The van der Waals surface area contributed by atoms with Crippen molar-refractivity contribution in [1.29, 1.82) is 0 Å². The van der Waals surface area contributed by atoms with Crippen molar-refractivity contribution in [2.24, 2.45) is 16.7 Å². The largest absolute Gasteiger partial charge is 0.481 e. The summed E-state index contributed by atoms with van der Waals surface area (Å²) in [7, 11) is 0. The minimum absolute atomic E-state index is 0.0183. The lowest BCUT2D eigenvalue weighted by atomic mass is 9.54. The van der Waals surface area contributed by atoms with Crippen LogP contribution in [0.2, 0.25) is 0 Å². The molecule has 1 saturated heterocycles. The third-order valence-corrected chi connectivity index (χ3v) is 4.51. The molecule has 1 aliphatic heterocycles. The van der Waals surface area contributed by atoms with Crippen LogP contribution in [-0.4, -0.2) is 34.9 Å². The van der Waals surface area contributed by atoms with Crippen molar-refractivity contribution in [2.45, 2.75) is 45.6 Å². The predicted molar refractivity (Wildman–Crippen MR) is 64.7 cm³/mol. The second kappa shape index (κ2) is 3.69. The van der Waals surface area contributed by atoms with Crippen LogP contribution in [0.25, 0.3) is 0 Å². The summed E-state index contributed by atoms with van der Waals surface area (Å²) in [6.07, 6.45) is 2.24. The molecule has 2 aliphatic rings. The zero-order chi connectivity index (χ0) is 12.9. The Labute approximate surface area is 102 Å². The zero-order valence-corrected chi connectivity index (χ0v) is 10.9. The van der Waals surface area contributed by atoms with Crippen LogP contribution < -0.4 is 5.32 Å². The van der Waals surface area contributed by atoms with Gasteiger partial charge >= 0.3 is 5.97 Å². The van der Waals surface area contributed by atoms with Crippen molar-refractivity contribution >= 4 is 5.97 Å². The molecule has 4 nitrogen and oxygen atoms in total. The van der Waals surface area contributed by atoms with E-state index in [2.05, 4.69) is 26.1 Å². The molecular formula is C13H23NO3. The van der Waals surface area contributed by atoms with Crippen LogP contribution in [0.3, 0.4) is 0 Å². The van der Waals surface area contributed by atoms with E-state index in [1.165, 1.54) is 0 Å². The number of rotatable bonds is 2. The van der Waals surface area contributed by atoms with E-state index in [0.29, 0.717) is 31.8 Å². The normalized spacial score (nSPS) is 39.4. The average Bonchev–Trinajstić information content (AvgIpc) is 1.92. The maximum Gasteiger partial charge on any atom is 0.315 e. The molecule has 2 rings (SSSR count). The number of aliphatic carboxylic acids is 1. The Kier molecular flexibility index (Phi) is 2.79. The maximum absolute atomic E-state index is 11.5. The first kappa shape index (κ1) is 12.8. The highest BCUT2D eigenvalue weighted by Gasteiger charge is 2.62. The Morgan fingerprint density at radius 1 is 1.29 bits per heavy atom. The lowest BCUT2D eigenvalue weighted by molar-refractivity contribution is -0.196. The van der Waals surface area contributed by atoms with Crippen LogP contribution in [0, 0.1) is 16.7 Å². The predicted octanol–water partition coefficient (Wildman–Crippen LogP) is 1.24. The average molecular weight is 241 g/mol. The molecular weight excluding hydrogens is 218 g/mol. The summed E-state index contributed by atoms with van der Waals surface area (Å²) in [5, 5.41) is 23.4. The van der Waals surface area contributed by atoms with Gasteiger partial charge in [0, 0.05) is 13.1 Å². The third kappa shape index (κ3) is 1.87. The maximum atomic E-state index is 11.5. The third-order valence-electron chi connectivity index (χ3n) is 4.51. The smallest absolute Gasteiger partial charge is 0.315 e. The molecule has 3 N–H and O–H groups in total. The molecule has 2 fully saturated rings. The topological polar surface area (TPSA) is 69.6 Å². The fourth-order valence-electron chi connectivity index (χ4n) is 3.95. The molecule has 0 aromatic carbocycles. The molecule has 0 bridgehead atoms. The summed E-state index contributed by atoms with van der Waals surface area (Å²) in [5.74, 6) is -0.482. The second-order valence-corrected chi connectivity index (χ2v) is 6.88. The van der Waals surface area contributed by atoms with E-state index in [1.807, 2.05) is 0 Å². The van der Waals surface area contributed by atoms with E-state index < -0.39 is 17.0 Å². The molecule has 1 saturated carbocycles. The second-order valence-electron chi connectivity index (χ2n) is 6.88. The Hall–Kier alpha value is -0.610. The van der Waals surface area contributed by atoms with Gasteiger partial charge in [0.15, 0.2) is 0 Å². The highest BCUT2D eigenvalue weighted by atomic mass is 16.4. The van der Waals surface area contributed by atoms with Crippen LogP contribution in [0.15, 0.2) is 0 Å². The van der Waals surface area contributed by atoms with Gasteiger partial charge in [-0.1, -0.05) is 20.8 Å². The van der Waals surface area contributed by atoms with E-state index in [1.54, 1.807) is 0 Å². The number of carboxylic acid groups (broad SMARTS) is 1.